The molecule has 2 aromatic carbocycles. The highest BCUT2D eigenvalue weighted by molar-refractivity contribution is 7.97. The molecule has 0 bridgehead atoms. The van der Waals surface area contributed by atoms with Crippen LogP contribution in [-0.2, 0) is 21.5 Å². The number of nitrogens with zero attached hydrogens (tertiary/aromatic N) is 6. The summed E-state index contributed by atoms with van der Waals surface area (Å²) in [4.78, 5) is 42.1. The highest BCUT2D eigenvalue weighted by Crippen LogP contribution is 2.57. The van der Waals surface area contributed by atoms with E-state index in [2.05, 4.69) is 62.3 Å². The molecule has 12 heteroatoms. The average molecular weight is 725 g/mol. The standard InChI is InChI=1S/C40H52N8O3S/c1-41-35-10-9-29(22-36(35)45(2)26-49)28-11-17-46(18-12-28)25-27-5-3-8-33(21-27)52-47-19-13-30(14-20-47)43-39-42-24-34-37(44-39)48(38(51)40(34)15-16-40)31-6-4-7-32(50)23-31/h3,5,8-10,21-22,24,26,28,30-32,41,50H,4,6-7,11-20,23,25H2,1-2H3,(H,42,43,44)/t31?,32-/m1/s1. The van der Waals surface area contributed by atoms with Gasteiger partial charge in [0.2, 0.25) is 18.3 Å². The molecule has 3 aliphatic heterocycles. The molecule has 8 rings (SSSR count). The number of benzene rings is 2. The Morgan fingerprint density at radius 2 is 1.85 bits per heavy atom. The van der Waals surface area contributed by atoms with Crippen molar-refractivity contribution < 1.29 is 14.7 Å². The van der Waals surface area contributed by atoms with E-state index in [9.17, 15) is 14.7 Å². The predicted octanol–water partition coefficient (Wildman–Crippen LogP) is 5.76. The van der Waals surface area contributed by atoms with Gasteiger partial charge in [0.25, 0.3) is 0 Å². The van der Waals surface area contributed by atoms with Crippen molar-refractivity contribution in [2.75, 3.05) is 60.7 Å². The van der Waals surface area contributed by atoms with Gasteiger partial charge in [-0.2, -0.15) is 4.98 Å². The maximum atomic E-state index is 13.6. The molecular weight excluding hydrogens is 673 g/mol. The van der Waals surface area contributed by atoms with Gasteiger partial charge in [0, 0.05) is 62.5 Å². The molecular formula is C40H52N8O3S. The summed E-state index contributed by atoms with van der Waals surface area (Å²) in [5.74, 6) is 2.04. The number of piperidine rings is 2. The second kappa shape index (κ2) is 15.0. The number of hydrogen-bond donors (Lipinski definition) is 3. The molecule has 276 valence electrons. The van der Waals surface area contributed by atoms with E-state index in [0.717, 1.165) is 120 Å². The van der Waals surface area contributed by atoms with Crippen molar-refractivity contribution in [3.8, 4) is 0 Å². The number of rotatable bonds is 11. The fourth-order valence-corrected chi connectivity index (χ4v) is 9.93. The van der Waals surface area contributed by atoms with Gasteiger partial charge in [-0.1, -0.05) is 18.2 Å². The van der Waals surface area contributed by atoms with Gasteiger partial charge in [-0.25, -0.2) is 9.29 Å². The molecule has 52 heavy (non-hydrogen) atoms. The molecule has 0 radical (unpaired) electrons. The van der Waals surface area contributed by atoms with Gasteiger partial charge in [-0.15, -0.1) is 0 Å². The zero-order valence-corrected chi connectivity index (χ0v) is 31.3. The summed E-state index contributed by atoms with van der Waals surface area (Å²) in [5, 5.41) is 17.2. The molecule has 5 aliphatic rings. The first-order chi connectivity index (χ1) is 25.3. The monoisotopic (exact) mass is 724 g/mol. The second-order valence-electron chi connectivity index (χ2n) is 15.5. The van der Waals surface area contributed by atoms with E-state index in [4.69, 9.17) is 9.97 Å². The molecule has 1 unspecified atom stereocenters. The Hall–Kier alpha value is -3.71. The fraction of sp³-hybridized carbons (Fsp3) is 0.550. The predicted molar refractivity (Wildman–Crippen MR) is 207 cm³/mol. The van der Waals surface area contributed by atoms with Crippen LogP contribution in [0.15, 0.2) is 53.6 Å². The summed E-state index contributed by atoms with van der Waals surface area (Å²) in [6.45, 7) is 5.01. The zero-order valence-electron chi connectivity index (χ0n) is 30.5. The molecule has 4 heterocycles. The van der Waals surface area contributed by atoms with Crippen LogP contribution < -0.4 is 20.4 Å². The Bertz CT molecular complexity index is 1770. The topological polar surface area (TPSA) is 117 Å². The average Bonchev–Trinajstić information content (AvgIpc) is 3.94. The van der Waals surface area contributed by atoms with Crippen molar-refractivity contribution >= 4 is 47.4 Å². The van der Waals surface area contributed by atoms with Gasteiger partial charge in [0.1, 0.15) is 5.82 Å². The Morgan fingerprint density at radius 1 is 1.04 bits per heavy atom. The van der Waals surface area contributed by atoms with Gasteiger partial charge in [0.15, 0.2) is 0 Å². The smallest absolute Gasteiger partial charge is 0.239 e. The van der Waals surface area contributed by atoms with E-state index >= 15 is 0 Å². The lowest BCUT2D eigenvalue weighted by molar-refractivity contribution is -0.121. The summed E-state index contributed by atoms with van der Waals surface area (Å²) >= 11 is 1.85. The van der Waals surface area contributed by atoms with Crippen LogP contribution in [0.3, 0.4) is 0 Å². The number of fused-ring (bicyclic) bond motifs is 2. The van der Waals surface area contributed by atoms with Gasteiger partial charge in [-0.3, -0.25) is 19.4 Å². The van der Waals surface area contributed by atoms with E-state index in [0.29, 0.717) is 18.3 Å². The largest absolute Gasteiger partial charge is 0.393 e. The first-order valence-corrected chi connectivity index (χ1v) is 20.0. The molecule has 2 amide bonds. The number of aliphatic hydroxyl groups is 1. The van der Waals surface area contributed by atoms with Gasteiger partial charge >= 0.3 is 0 Å². The number of anilines is 4. The minimum absolute atomic E-state index is 0.0165. The lowest BCUT2D eigenvalue weighted by Crippen LogP contribution is -2.44. The number of aromatic nitrogens is 2. The number of aliphatic hydroxyl groups excluding tert-OH is 1. The Balaban J connectivity index is 0.825. The number of amides is 2. The van der Waals surface area contributed by atoms with Crippen LogP contribution in [0.25, 0.3) is 0 Å². The minimum atomic E-state index is -0.423. The van der Waals surface area contributed by atoms with Crippen LogP contribution in [0.1, 0.15) is 86.8 Å². The quantitative estimate of drug-likeness (QED) is 0.167. The summed E-state index contributed by atoms with van der Waals surface area (Å²) < 4.78 is 2.47. The molecule has 2 aliphatic carbocycles. The third-order valence-corrected chi connectivity index (χ3v) is 13.2. The Labute approximate surface area is 311 Å². The first kappa shape index (κ1) is 35.3. The Kier molecular flexibility index (Phi) is 10.2. The maximum Gasteiger partial charge on any atom is 0.239 e. The molecule has 4 fully saturated rings. The van der Waals surface area contributed by atoms with E-state index in [-0.39, 0.29) is 24.1 Å². The molecule has 2 saturated heterocycles. The number of carbonyl (C=O) groups excluding carboxylic acids is 2. The van der Waals surface area contributed by atoms with Crippen LogP contribution in [0, 0.1) is 0 Å². The molecule has 1 aromatic heterocycles. The number of likely N-dealkylation sites (tertiary alicyclic amines) is 1. The summed E-state index contributed by atoms with van der Waals surface area (Å²) in [6, 6.07) is 15.8. The summed E-state index contributed by atoms with van der Waals surface area (Å²) in [5.41, 5.74) is 5.11. The number of carbonyl (C=O) groups is 2. The SMILES string of the molecule is CNc1ccc(C2CCN(Cc3cccc(SN4CCC(Nc5ncc6c(n5)N(C5CCC[C@@H](O)C5)C(=O)C65CC5)CC4)c3)CC2)cc1N(C)C=O. The van der Waals surface area contributed by atoms with E-state index in [1.54, 1.807) is 11.9 Å². The van der Waals surface area contributed by atoms with Gasteiger partial charge < -0.3 is 20.6 Å². The maximum absolute atomic E-state index is 13.6. The van der Waals surface area contributed by atoms with Crippen LogP contribution in [0.2, 0.25) is 0 Å². The summed E-state index contributed by atoms with van der Waals surface area (Å²) in [7, 11) is 3.70. The normalized spacial score (nSPS) is 23.8. The van der Waals surface area contributed by atoms with Crippen LogP contribution in [0.5, 0.6) is 0 Å². The number of hydrogen-bond acceptors (Lipinski definition) is 10. The zero-order chi connectivity index (χ0) is 35.8. The second-order valence-corrected chi connectivity index (χ2v) is 16.7. The Morgan fingerprint density at radius 3 is 2.58 bits per heavy atom. The van der Waals surface area contributed by atoms with Crippen molar-refractivity contribution in [1.82, 2.24) is 19.2 Å². The van der Waals surface area contributed by atoms with Crippen molar-refractivity contribution in [1.29, 1.82) is 0 Å². The fourth-order valence-electron chi connectivity index (χ4n) is 8.89. The van der Waals surface area contributed by atoms with E-state index in [1.807, 2.05) is 30.1 Å². The van der Waals surface area contributed by atoms with E-state index < -0.39 is 5.41 Å². The minimum Gasteiger partial charge on any atom is -0.393 e. The van der Waals surface area contributed by atoms with E-state index in [1.165, 1.54) is 16.0 Å². The van der Waals surface area contributed by atoms with Crippen LogP contribution in [-0.4, -0.2) is 95.1 Å². The van der Waals surface area contributed by atoms with Gasteiger partial charge in [-0.05, 0) is 131 Å². The molecule has 11 nitrogen and oxygen atoms in total. The highest BCUT2D eigenvalue weighted by atomic mass is 32.2. The third-order valence-electron chi connectivity index (χ3n) is 12.1. The molecule has 3 N–H and O–H groups in total. The molecule has 2 saturated carbocycles. The third kappa shape index (κ3) is 7.14. The molecule has 1 spiro atoms. The number of nitrogens with one attached hydrogen (secondary N) is 2. The highest BCUT2D eigenvalue weighted by Gasteiger charge is 2.61. The van der Waals surface area contributed by atoms with Crippen LogP contribution in [0.4, 0.5) is 23.1 Å². The first-order valence-electron chi connectivity index (χ1n) is 19.2. The van der Waals surface area contributed by atoms with Crippen molar-refractivity contribution in [3.05, 3.63) is 65.4 Å². The lowest BCUT2D eigenvalue weighted by Gasteiger charge is -2.34. The van der Waals surface area contributed by atoms with Crippen LogP contribution >= 0.6 is 11.9 Å². The van der Waals surface area contributed by atoms with Crippen molar-refractivity contribution in [2.24, 2.45) is 0 Å². The lowest BCUT2D eigenvalue weighted by atomic mass is 9.88. The van der Waals surface area contributed by atoms with Gasteiger partial charge in [0.05, 0.1) is 22.9 Å². The van der Waals surface area contributed by atoms with Crippen molar-refractivity contribution in [3.63, 3.8) is 0 Å². The molecule has 3 aromatic rings. The molecule has 2 atom stereocenters. The summed E-state index contributed by atoms with van der Waals surface area (Å²) in [6.07, 6.45) is 11.7. The van der Waals surface area contributed by atoms with Crippen molar-refractivity contribution in [2.45, 2.75) is 105 Å².